The fourth-order valence-corrected chi connectivity index (χ4v) is 3.21. The Morgan fingerprint density at radius 3 is 2.91 bits per heavy atom. The molecule has 2 rings (SSSR count). The Balaban J connectivity index is 1.79. The summed E-state index contributed by atoms with van der Waals surface area (Å²) in [5.41, 5.74) is 0.174. The third-order valence-electron chi connectivity index (χ3n) is 2.66. The first kappa shape index (κ1) is 17.4. The van der Waals surface area contributed by atoms with E-state index in [4.69, 9.17) is 4.74 Å². The van der Waals surface area contributed by atoms with Gasteiger partial charge in [0.25, 0.3) is 0 Å². The second kappa shape index (κ2) is 8.64. The molecule has 0 spiro atoms. The van der Waals surface area contributed by atoms with E-state index in [1.165, 1.54) is 23.2 Å². The monoisotopic (exact) mass is 354 g/mol. The summed E-state index contributed by atoms with van der Waals surface area (Å²) in [5, 5.41) is 4.48. The highest BCUT2D eigenvalue weighted by atomic mass is 32.2. The van der Waals surface area contributed by atoms with Crippen molar-refractivity contribution in [2.45, 2.75) is 18.2 Å². The smallest absolute Gasteiger partial charge is 0.357 e. The molecule has 0 saturated heterocycles. The van der Waals surface area contributed by atoms with Crippen LogP contribution in [0.3, 0.4) is 0 Å². The number of thioether (sulfide) groups is 1. The molecule has 0 aliphatic carbocycles. The number of benzene rings is 1. The number of halogens is 1. The van der Waals surface area contributed by atoms with Crippen LogP contribution in [0.2, 0.25) is 0 Å². The second-order valence-electron chi connectivity index (χ2n) is 4.34. The summed E-state index contributed by atoms with van der Waals surface area (Å²) in [6, 6.07) is 6.42. The zero-order valence-electron chi connectivity index (χ0n) is 12.4. The molecule has 0 radical (unpaired) electrons. The summed E-state index contributed by atoms with van der Waals surface area (Å²) >= 11 is 2.43. The third kappa shape index (κ3) is 5.33. The highest BCUT2D eigenvalue weighted by Crippen LogP contribution is 2.22. The molecule has 1 aromatic heterocycles. The summed E-state index contributed by atoms with van der Waals surface area (Å²) in [5.74, 6) is -0.599. The van der Waals surface area contributed by atoms with Crippen molar-refractivity contribution in [3.8, 4) is 0 Å². The van der Waals surface area contributed by atoms with E-state index in [1.807, 2.05) is 0 Å². The highest BCUT2D eigenvalue weighted by Gasteiger charge is 2.13. The standard InChI is InChI=1S/C15H15FN2O3S2/c1-2-21-14(20)11-9-23-15(17-11)18-13(19)7-8-22-12-6-4-3-5-10(12)16/h3-6,9H,2,7-8H2,1H3,(H,17,18,19). The van der Waals surface area contributed by atoms with Crippen molar-refractivity contribution in [2.24, 2.45) is 0 Å². The lowest BCUT2D eigenvalue weighted by molar-refractivity contribution is -0.115. The molecule has 0 aliphatic heterocycles. The van der Waals surface area contributed by atoms with Gasteiger partial charge in [0, 0.05) is 22.4 Å². The molecule has 0 unspecified atom stereocenters. The number of ether oxygens (including phenoxy) is 1. The van der Waals surface area contributed by atoms with E-state index in [-0.39, 0.29) is 30.4 Å². The Hall–Kier alpha value is -1.93. The van der Waals surface area contributed by atoms with Gasteiger partial charge in [-0.05, 0) is 19.1 Å². The number of rotatable bonds is 7. The van der Waals surface area contributed by atoms with Crippen LogP contribution in [0, 0.1) is 5.82 Å². The van der Waals surface area contributed by atoms with Crippen LogP contribution in [0.25, 0.3) is 0 Å². The number of carbonyl (C=O) groups is 2. The molecule has 1 heterocycles. The molecule has 0 saturated carbocycles. The Labute approximate surface area is 141 Å². The third-order valence-corrected chi connectivity index (χ3v) is 4.47. The number of amides is 1. The van der Waals surface area contributed by atoms with E-state index in [0.29, 0.717) is 15.8 Å². The van der Waals surface area contributed by atoms with Crippen LogP contribution in [-0.2, 0) is 9.53 Å². The number of hydrogen-bond donors (Lipinski definition) is 1. The minimum absolute atomic E-state index is 0.174. The number of nitrogens with zero attached hydrogens (tertiary/aromatic N) is 1. The summed E-state index contributed by atoms with van der Waals surface area (Å²) < 4.78 is 18.3. The van der Waals surface area contributed by atoms with E-state index in [1.54, 1.807) is 25.1 Å². The van der Waals surface area contributed by atoms with Crippen molar-refractivity contribution in [2.75, 3.05) is 17.7 Å². The largest absolute Gasteiger partial charge is 0.461 e. The average molecular weight is 354 g/mol. The molecular formula is C15H15FN2O3S2. The first-order valence-electron chi connectivity index (χ1n) is 6.90. The van der Waals surface area contributed by atoms with Crippen LogP contribution in [0.4, 0.5) is 9.52 Å². The van der Waals surface area contributed by atoms with Gasteiger partial charge in [0.1, 0.15) is 5.82 Å². The fourth-order valence-electron chi connectivity index (χ4n) is 1.63. The number of carbonyl (C=O) groups excluding carboxylic acids is 2. The number of aromatic nitrogens is 1. The van der Waals surface area contributed by atoms with Gasteiger partial charge in [-0.15, -0.1) is 23.1 Å². The van der Waals surface area contributed by atoms with Gasteiger partial charge in [-0.3, -0.25) is 4.79 Å². The summed E-state index contributed by atoms with van der Waals surface area (Å²) in [4.78, 5) is 27.8. The zero-order valence-corrected chi connectivity index (χ0v) is 14.0. The molecule has 5 nitrogen and oxygen atoms in total. The normalized spacial score (nSPS) is 10.3. The predicted molar refractivity (Wildman–Crippen MR) is 88.4 cm³/mol. The quantitative estimate of drug-likeness (QED) is 0.608. The Morgan fingerprint density at radius 1 is 1.39 bits per heavy atom. The number of anilines is 1. The Morgan fingerprint density at radius 2 is 2.17 bits per heavy atom. The molecule has 1 amide bonds. The highest BCUT2D eigenvalue weighted by molar-refractivity contribution is 7.99. The van der Waals surface area contributed by atoms with Gasteiger partial charge in [0.05, 0.1) is 6.61 Å². The minimum Gasteiger partial charge on any atom is -0.461 e. The van der Waals surface area contributed by atoms with Gasteiger partial charge in [-0.25, -0.2) is 14.2 Å². The molecule has 8 heteroatoms. The lowest BCUT2D eigenvalue weighted by atomic mass is 10.3. The van der Waals surface area contributed by atoms with E-state index >= 15 is 0 Å². The van der Waals surface area contributed by atoms with Crippen molar-refractivity contribution in [1.29, 1.82) is 0 Å². The van der Waals surface area contributed by atoms with Gasteiger partial charge in [-0.1, -0.05) is 12.1 Å². The van der Waals surface area contributed by atoms with E-state index in [0.717, 1.165) is 11.3 Å². The maximum absolute atomic E-state index is 13.4. The van der Waals surface area contributed by atoms with Crippen LogP contribution in [0.15, 0.2) is 34.5 Å². The van der Waals surface area contributed by atoms with Crippen molar-refractivity contribution in [1.82, 2.24) is 4.98 Å². The Bertz CT molecular complexity index is 691. The molecule has 0 aliphatic rings. The van der Waals surface area contributed by atoms with Crippen LogP contribution in [0.1, 0.15) is 23.8 Å². The molecule has 2 aromatic rings. The second-order valence-corrected chi connectivity index (χ2v) is 6.33. The SMILES string of the molecule is CCOC(=O)c1csc(NC(=O)CCSc2ccccc2F)n1. The number of nitrogens with one attached hydrogen (secondary N) is 1. The van der Waals surface area contributed by atoms with Gasteiger partial charge in [-0.2, -0.15) is 0 Å². The molecule has 0 fully saturated rings. The van der Waals surface area contributed by atoms with E-state index < -0.39 is 5.97 Å². The Kier molecular flexibility index (Phi) is 6.54. The van der Waals surface area contributed by atoms with Crippen molar-refractivity contribution in [3.05, 3.63) is 41.2 Å². The lowest BCUT2D eigenvalue weighted by Gasteiger charge is -2.03. The molecule has 1 aromatic carbocycles. The van der Waals surface area contributed by atoms with Crippen molar-refractivity contribution < 1.29 is 18.7 Å². The zero-order chi connectivity index (χ0) is 16.7. The fraction of sp³-hybridized carbons (Fsp3) is 0.267. The van der Waals surface area contributed by atoms with Gasteiger partial charge < -0.3 is 10.1 Å². The van der Waals surface area contributed by atoms with Crippen molar-refractivity contribution >= 4 is 40.1 Å². The number of esters is 1. The molecule has 0 atom stereocenters. The van der Waals surface area contributed by atoms with Crippen LogP contribution < -0.4 is 5.32 Å². The molecule has 0 bridgehead atoms. The van der Waals surface area contributed by atoms with Gasteiger partial charge in [0.2, 0.25) is 5.91 Å². The summed E-state index contributed by atoms with van der Waals surface area (Å²) in [6.07, 6.45) is 0.216. The topological polar surface area (TPSA) is 68.3 Å². The number of hydrogen-bond acceptors (Lipinski definition) is 6. The first-order chi connectivity index (χ1) is 11.1. The summed E-state index contributed by atoms with van der Waals surface area (Å²) in [7, 11) is 0. The predicted octanol–water partition coefficient (Wildman–Crippen LogP) is 3.58. The average Bonchev–Trinajstić information content (AvgIpc) is 2.98. The number of thiazole rings is 1. The molecule has 122 valence electrons. The maximum Gasteiger partial charge on any atom is 0.357 e. The van der Waals surface area contributed by atoms with E-state index in [9.17, 15) is 14.0 Å². The lowest BCUT2D eigenvalue weighted by Crippen LogP contribution is -2.12. The summed E-state index contributed by atoms with van der Waals surface area (Å²) in [6.45, 7) is 1.98. The van der Waals surface area contributed by atoms with Crippen LogP contribution in [-0.4, -0.2) is 29.2 Å². The van der Waals surface area contributed by atoms with Gasteiger partial charge >= 0.3 is 5.97 Å². The van der Waals surface area contributed by atoms with Crippen LogP contribution >= 0.6 is 23.1 Å². The minimum atomic E-state index is -0.514. The maximum atomic E-state index is 13.4. The molecular weight excluding hydrogens is 339 g/mol. The van der Waals surface area contributed by atoms with Crippen LogP contribution in [0.5, 0.6) is 0 Å². The molecule has 23 heavy (non-hydrogen) atoms. The molecule has 1 N–H and O–H groups in total. The van der Waals surface area contributed by atoms with Gasteiger partial charge in [0.15, 0.2) is 10.8 Å². The first-order valence-corrected chi connectivity index (χ1v) is 8.76. The van der Waals surface area contributed by atoms with Crippen molar-refractivity contribution in [3.63, 3.8) is 0 Å². The van der Waals surface area contributed by atoms with E-state index in [2.05, 4.69) is 10.3 Å².